The number of methoxy groups -OCH3 is 1. The lowest BCUT2D eigenvalue weighted by atomic mass is 10.3. The van der Waals surface area contributed by atoms with Crippen molar-refractivity contribution in [3.05, 3.63) is 18.2 Å². The van der Waals surface area contributed by atoms with Crippen LogP contribution in [0.3, 0.4) is 0 Å². The molecule has 2 rings (SSSR count). The van der Waals surface area contributed by atoms with Crippen molar-refractivity contribution >= 4 is 27.6 Å². The predicted molar refractivity (Wildman–Crippen MR) is 97.1 cm³/mol. The first kappa shape index (κ1) is 21.1. The van der Waals surface area contributed by atoms with Crippen molar-refractivity contribution in [1.29, 1.82) is 0 Å². The molecule has 0 radical (unpaired) electrons. The molecule has 0 spiro atoms. The Morgan fingerprint density at radius 1 is 1.26 bits per heavy atom. The summed E-state index contributed by atoms with van der Waals surface area (Å²) in [6, 6.07) is 4.31. The molecule has 1 saturated heterocycles. The molecular weight excluding hydrogens is 376 g/mol. The number of nitrogens with one attached hydrogen (secondary N) is 1. The SMILES string of the molecule is CCCC(=O)OCC(=O)Nc1ccc(OC)c(S(=O)(=O)N2CCOCC2)c1. The Bertz CT molecular complexity index is 773. The molecule has 1 heterocycles. The molecule has 1 aliphatic heterocycles. The van der Waals surface area contributed by atoms with Crippen LogP contribution >= 0.6 is 0 Å². The van der Waals surface area contributed by atoms with Crippen LogP contribution in [0.4, 0.5) is 5.69 Å². The van der Waals surface area contributed by atoms with E-state index in [1.807, 2.05) is 6.92 Å². The maximum Gasteiger partial charge on any atom is 0.306 e. The van der Waals surface area contributed by atoms with Gasteiger partial charge in [0.25, 0.3) is 5.91 Å². The lowest BCUT2D eigenvalue weighted by Gasteiger charge is -2.26. The molecule has 0 aromatic heterocycles. The largest absolute Gasteiger partial charge is 0.495 e. The van der Waals surface area contributed by atoms with Gasteiger partial charge in [-0.3, -0.25) is 9.59 Å². The molecular formula is C17H24N2O7S. The zero-order chi connectivity index (χ0) is 19.9. The lowest BCUT2D eigenvalue weighted by molar-refractivity contribution is -0.147. The van der Waals surface area contributed by atoms with E-state index >= 15 is 0 Å². The average Bonchev–Trinajstić information content (AvgIpc) is 2.67. The number of hydrogen-bond acceptors (Lipinski definition) is 7. The van der Waals surface area contributed by atoms with Crippen molar-refractivity contribution in [1.82, 2.24) is 4.31 Å². The summed E-state index contributed by atoms with van der Waals surface area (Å²) in [5.41, 5.74) is 0.263. The zero-order valence-electron chi connectivity index (χ0n) is 15.4. The van der Waals surface area contributed by atoms with Gasteiger partial charge < -0.3 is 19.5 Å². The first-order valence-electron chi connectivity index (χ1n) is 8.60. The second-order valence-corrected chi connectivity index (χ2v) is 7.75. The molecule has 1 aromatic rings. The number of esters is 1. The number of morpholine rings is 1. The van der Waals surface area contributed by atoms with Crippen LogP contribution in [0.2, 0.25) is 0 Å². The Balaban J connectivity index is 2.14. The zero-order valence-corrected chi connectivity index (χ0v) is 16.2. The monoisotopic (exact) mass is 400 g/mol. The summed E-state index contributed by atoms with van der Waals surface area (Å²) >= 11 is 0. The van der Waals surface area contributed by atoms with Crippen LogP contribution in [-0.4, -0.2) is 64.6 Å². The summed E-state index contributed by atoms with van der Waals surface area (Å²) in [4.78, 5) is 23.2. The molecule has 150 valence electrons. The summed E-state index contributed by atoms with van der Waals surface area (Å²) in [5, 5.41) is 2.53. The molecule has 1 aliphatic rings. The number of nitrogens with zero attached hydrogens (tertiary/aromatic N) is 1. The maximum atomic E-state index is 12.9. The van der Waals surface area contributed by atoms with Gasteiger partial charge in [0, 0.05) is 25.2 Å². The second kappa shape index (κ2) is 9.67. The molecule has 1 N–H and O–H groups in total. The van der Waals surface area contributed by atoms with Gasteiger partial charge in [-0.25, -0.2) is 8.42 Å². The van der Waals surface area contributed by atoms with E-state index in [1.54, 1.807) is 0 Å². The van der Waals surface area contributed by atoms with Gasteiger partial charge in [0.2, 0.25) is 10.0 Å². The highest BCUT2D eigenvalue weighted by Crippen LogP contribution is 2.30. The standard InChI is InChI=1S/C17H24N2O7S/c1-3-4-17(21)26-12-16(20)18-13-5-6-14(24-2)15(11-13)27(22,23)19-7-9-25-10-8-19/h5-6,11H,3-4,7-10,12H2,1-2H3,(H,18,20). The Morgan fingerprint density at radius 3 is 2.59 bits per heavy atom. The summed E-state index contributed by atoms with van der Waals surface area (Å²) in [6.45, 7) is 2.53. The minimum absolute atomic E-state index is 0.0484. The van der Waals surface area contributed by atoms with Crippen LogP contribution in [0.1, 0.15) is 19.8 Å². The van der Waals surface area contributed by atoms with E-state index in [4.69, 9.17) is 14.2 Å². The van der Waals surface area contributed by atoms with Gasteiger partial charge in [-0.15, -0.1) is 0 Å². The Morgan fingerprint density at radius 2 is 1.96 bits per heavy atom. The maximum absolute atomic E-state index is 12.9. The minimum Gasteiger partial charge on any atom is -0.495 e. The number of rotatable bonds is 8. The van der Waals surface area contributed by atoms with Gasteiger partial charge in [-0.05, 0) is 24.6 Å². The molecule has 0 saturated carbocycles. The van der Waals surface area contributed by atoms with Gasteiger partial charge >= 0.3 is 5.97 Å². The number of carbonyl (C=O) groups excluding carboxylic acids is 2. The molecule has 1 amide bonds. The van der Waals surface area contributed by atoms with Crippen LogP contribution in [0.15, 0.2) is 23.1 Å². The fourth-order valence-corrected chi connectivity index (χ4v) is 4.09. The van der Waals surface area contributed by atoms with Gasteiger partial charge in [0.15, 0.2) is 6.61 Å². The van der Waals surface area contributed by atoms with E-state index in [9.17, 15) is 18.0 Å². The Hall–Kier alpha value is -2.17. The van der Waals surface area contributed by atoms with Gasteiger partial charge in [0.05, 0.1) is 20.3 Å². The molecule has 0 unspecified atom stereocenters. The fourth-order valence-electron chi connectivity index (χ4n) is 2.50. The minimum atomic E-state index is -3.80. The highest BCUT2D eigenvalue weighted by molar-refractivity contribution is 7.89. The van der Waals surface area contributed by atoms with Crippen LogP contribution in [-0.2, 0) is 29.1 Å². The number of sulfonamides is 1. The van der Waals surface area contributed by atoms with Crippen LogP contribution < -0.4 is 10.1 Å². The van der Waals surface area contributed by atoms with E-state index in [0.29, 0.717) is 19.6 Å². The first-order chi connectivity index (χ1) is 12.9. The topological polar surface area (TPSA) is 111 Å². The van der Waals surface area contributed by atoms with Crippen molar-refractivity contribution in [3.8, 4) is 5.75 Å². The van der Waals surface area contributed by atoms with E-state index in [-0.39, 0.29) is 35.8 Å². The molecule has 27 heavy (non-hydrogen) atoms. The number of benzene rings is 1. The molecule has 0 bridgehead atoms. The smallest absolute Gasteiger partial charge is 0.306 e. The summed E-state index contributed by atoms with van der Waals surface area (Å²) in [7, 11) is -2.43. The summed E-state index contributed by atoms with van der Waals surface area (Å²) in [5.74, 6) is -0.842. The molecule has 10 heteroatoms. The van der Waals surface area contributed by atoms with Gasteiger partial charge in [-0.1, -0.05) is 6.92 Å². The summed E-state index contributed by atoms with van der Waals surface area (Å²) < 4.78 is 42.3. The highest BCUT2D eigenvalue weighted by Gasteiger charge is 2.29. The summed E-state index contributed by atoms with van der Waals surface area (Å²) in [6.07, 6.45) is 0.861. The van der Waals surface area contributed by atoms with Crippen molar-refractivity contribution in [2.75, 3.05) is 45.3 Å². The number of hydrogen-bond donors (Lipinski definition) is 1. The fraction of sp³-hybridized carbons (Fsp3) is 0.529. The molecule has 1 aromatic carbocycles. The Kier molecular flexibility index (Phi) is 7.57. The molecule has 0 atom stereocenters. The molecule has 1 fully saturated rings. The molecule has 9 nitrogen and oxygen atoms in total. The lowest BCUT2D eigenvalue weighted by Crippen LogP contribution is -2.40. The molecule has 0 aliphatic carbocycles. The third-order valence-electron chi connectivity index (χ3n) is 3.85. The third kappa shape index (κ3) is 5.65. The van der Waals surface area contributed by atoms with Gasteiger partial charge in [-0.2, -0.15) is 4.31 Å². The van der Waals surface area contributed by atoms with Crippen molar-refractivity contribution in [3.63, 3.8) is 0 Å². The third-order valence-corrected chi connectivity index (χ3v) is 5.77. The quantitative estimate of drug-likeness (QED) is 0.648. The van der Waals surface area contributed by atoms with Gasteiger partial charge in [0.1, 0.15) is 10.6 Å². The normalized spacial score (nSPS) is 15.2. The number of anilines is 1. The van der Waals surface area contributed by atoms with E-state index in [1.165, 1.54) is 29.6 Å². The highest BCUT2D eigenvalue weighted by atomic mass is 32.2. The Labute approximate surface area is 158 Å². The van der Waals surface area contributed by atoms with E-state index in [0.717, 1.165) is 0 Å². The van der Waals surface area contributed by atoms with Crippen molar-refractivity contribution in [2.24, 2.45) is 0 Å². The number of carbonyl (C=O) groups is 2. The van der Waals surface area contributed by atoms with Crippen LogP contribution in [0.25, 0.3) is 0 Å². The second-order valence-electron chi connectivity index (χ2n) is 5.84. The number of amides is 1. The van der Waals surface area contributed by atoms with Crippen molar-refractivity contribution < 1.29 is 32.2 Å². The van der Waals surface area contributed by atoms with Crippen LogP contribution in [0.5, 0.6) is 5.75 Å². The number of ether oxygens (including phenoxy) is 3. The van der Waals surface area contributed by atoms with Crippen molar-refractivity contribution in [2.45, 2.75) is 24.7 Å². The van der Waals surface area contributed by atoms with E-state index in [2.05, 4.69) is 5.32 Å². The predicted octanol–water partition coefficient (Wildman–Crippen LogP) is 0.998. The van der Waals surface area contributed by atoms with E-state index < -0.39 is 28.5 Å². The first-order valence-corrected chi connectivity index (χ1v) is 10.0. The average molecular weight is 400 g/mol. The van der Waals surface area contributed by atoms with Crippen LogP contribution in [0, 0.1) is 0 Å².